The summed E-state index contributed by atoms with van der Waals surface area (Å²) in [6.07, 6.45) is 0.585. The normalized spacial score (nSPS) is 23.0. The molecule has 0 radical (unpaired) electrons. The van der Waals surface area contributed by atoms with Gasteiger partial charge in [0.05, 0.1) is 41.8 Å². The molecule has 180 valence electrons. The second-order valence-corrected chi connectivity index (χ2v) is 8.90. The van der Waals surface area contributed by atoms with Crippen molar-refractivity contribution < 1.29 is 31.9 Å². The topological polar surface area (TPSA) is 75.6 Å². The standard InChI is InChI=1S/C23H22F4N4O3/c24-21-16(2-1-3-17(21)23(25,26)27)22(33)30-7-6-20(32)31-12-15(8-14(31)11-30)34-19-10-28-18(9-29-19)13-4-5-13/h1-3,9-10,13-15H,4-8,11-12H2. The molecule has 1 aliphatic carbocycles. The number of carbonyl (C=O) groups excluding carboxylic acids is 2. The van der Waals surface area contributed by atoms with Crippen LogP contribution in [0.5, 0.6) is 5.88 Å². The fourth-order valence-electron chi connectivity index (χ4n) is 4.58. The van der Waals surface area contributed by atoms with Gasteiger partial charge in [0.15, 0.2) is 0 Å². The Kier molecular flexibility index (Phi) is 5.65. The number of halogens is 4. The number of fused-ring (bicyclic) bond motifs is 1. The lowest BCUT2D eigenvalue weighted by Gasteiger charge is -2.25. The van der Waals surface area contributed by atoms with Crippen LogP contribution in [-0.2, 0) is 11.0 Å². The molecule has 2 aliphatic heterocycles. The summed E-state index contributed by atoms with van der Waals surface area (Å²) in [4.78, 5) is 37.1. The van der Waals surface area contributed by atoms with E-state index in [1.54, 1.807) is 17.3 Å². The second-order valence-electron chi connectivity index (χ2n) is 8.90. The molecule has 5 rings (SSSR count). The highest BCUT2D eigenvalue weighted by Crippen LogP contribution is 2.39. The summed E-state index contributed by atoms with van der Waals surface area (Å²) >= 11 is 0. The quantitative estimate of drug-likeness (QED) is 0.630. The van der Waals surface area contributed by atoms with Gasteiger partial charge >= 0.3 is 6.18 Å². The van der Waals surface area contributed by atoms with E-state index in [0.29, 0.717) is 30.8 Å². The van der Waals surface area contributed by atoms with Crippen molar-refractivity contribution >= 4 is 11.8 Å². The van der Waals surface area contributed by atoms with Gasteiger partial charge in [-0.1, -0.05) is 6.07 Å². The Morgan fingerprint density at radius 1 is 1.12 bits per heavy atom. The first-order valence-corrected chi connectivity index (χ1v) is 11.1. The molecule has 0 N–H and O–H groups in total. The van der Waals surface area contributed by atoms with Crippen molar-refractivity contribution in [2.45, 2.75) is 49.9 Å². The Morgan fingerprint density at radius 3 is 2.59 bits per heavy atom. The Bertz CT molecular complexity index is 1100. The van der Waals surface area contributed by atoms with E-state index < -0.39 is 35.1 Å². The van der Waals surface area contributed by atoms with Crippen molar-refractivity contribution in [3.63, 3.8) is 0 Å². The first-order chi connectivity index (χ1) is 16.2. The van der Waals surface area contributed by atoms with Crippen molar-refractivity contribution in [3.8, 4) is 5.88 Å². The number of ether oxygens (including phenoxy) is 1. The lowest BCUT2D eigenvalue weighted by molar-refractivity contribution is -0.140. The Labute approximate surface area is 192 Å². The van der Waals surface area contributed by atoms with E-state index in [1.165, 1.54) is 4.90 Å². The van der Waals surface area contributed by atoms with E-state index in [1.807, 2.05) is 0 Å². The third-order valence-electron chi connectivity index (χ3n) is 6.48. The van der Waals surface area contributed by atoms with E-state index >= 15 is 0 Å². The second kappa shape index (κ2) is 8.52. The molecule has 2 atom stereocenters. The minimum absolute atomic E-state index is 0.0000195. The number of hydrogen-bond donors (Lipinski definition) is 0. The number of amides is 2. The molecule has 2 aromatic rings. The molecule has 11 heteroatoms. The van der Waals surface area contributed by atoms with Crippen molar-refractivity contribution in [2.24, 2.45) is 0 Å². The molecule has 3 heterocycles. The molecule has 3 fully saturated rings. The average Bonchev–Trinajstić information content (AvgIpc) is 3.59. The summed E-state index contributed by atoms with van der Waals surface area (Å²) in [6.45, 7) is 0.377. The lowest BCUT2D eigenvalue weighted by atomic mass is 10.1. The van der Waals surface area contributed by atoms with Gasteiger partial charge in [0.1, 0.15) is 11.9 Å². The number of rotatable bonds is 4. The Hall–Kier alpha value is -3.24. The fourth-order valence-corrected chi connectivity index (χ4v) is 4.58. The van der Waals surface area contributed by atoms with Gasteiger partial charge in [0.2, 0.25) is 11.8 Å². The third kappa shape index (κ3) is 4.43. The zero-order valence-corrected chi connectivity index (χ0v) is 18.1. The van der Waals surface area contributed by atoms with E-state index in [-0.39, 0.29) is 31.5 Å². The molecule has 2 amide bonds. The van der Waals surface area contributed by atoms with Crippen LogP contribution in [0.4, 0.5) is 17.6 Å². The summed E-state index contributed by atoms with van der Waals surface area (Å²) in [6, 6.07) is 2.24. The van der Waals surface area contributed by atoms with Gasteiger partial charge in [0.25, 0.3) is 5.91 Å². The molecule has 7 nitrogen and oxygen atoms in total. The van der Waals surface area contributed by atoms with Gasteiger partial charge in [-0.3, -0.25) is 14.6 Å². The van der Waals surface area contributed by atoms with Crippen LogP contribution in [0.2, 0.25) is 0 Å². The summed E-state index contributed by atoms with van der Waals surface area (Å²) in [5.74, 6) is -1.85. The van der Waals surface area contributed by atoms with Crippen LogP contribution in [0, 0.1) is 5.82 Å². The van der Waals surface area contributed by atoms with Crippen LogP contribution in [0.1, 0.15) is 53.2 Å². The van der Waals surface area contributed by atoms with Crippen molar-refractivity contribution in [3.05, 3.63) is 53.2 Å². The van der Waals surface area contributed by atoms with Crippen LogP contribution in [-0.4, -0.2) is 63.4 Å². The summed E-state index contributed by atoms with van der Waals surface area (Å²) in [5.41, 5.74) is -1.22. The maximum atomic E-state index is 14.5. The SMILES string of the molecule is O=C(c1cccc(C(F)(F)F)c1F)N1CCC(=O)N2CC(Oc3cnc(C4CC4)cn3)CC2C1. The van der Waals surface area contributed by atoms with Crippen molar-refractivity contribution in [2.75, 3.05) is 19.6 Å². The zero-order valence-electron chi connectivity index (χ0n) is 18.1. The number of alkyl halides is 3. The third-order valence-corrected chi connectivity index (χ3v) is 6.48. The van der Waals surface area contributed by atoms with Crippen LogP contribution < -0.4 is 4.74 Å². The summed E-state index contributed by atoms with van der Waals surface area (Å²) in [7, 11) is 0. The number of benzene rings is 1. The van der Waals surface area contributed by atoms with Crippen molar-refractivity contribution in [1.29, 1.82) is 0 Å². The van der Waals surface area contributed by atoms with Gasteiger partial charge in [-0.15, -0.1) is 0 Å². The molecule has 1 aromatic heterocycles. The molecule has 3 aliphatic rings. The average molecular weight is 478 g/mol. The fraction of sp³-hybridized carbons (Fsp3) is 0.478. The van der Waals surface area contributed by atoms with Gasteiger partial charge in [-0.2, -0.15) is 13.2 Å². The Balaban J connectivity index is 1.29. The first kappa shape index (κ1) is 22.5. The number of carbonyl (C=O) groups is 2. The summed E-state index contributed by atoms with van der Waals surface area (Å²) < 4.78 is 59.7. The van der Waals surface area contributed by atoms with Crippen LogP contribution >= 0.6 is 0 Å². The number of hydrogen-bond acceptors (Lipinski definition) is 5. The molecular weight excluding hydrogens is 456 g/mol. The smallest absolute Gasteiger partial charge is 0.419 e. The van der Waals surface area contributed by atoms with Gasteiger partial charge in [-0.25, -0.2) is 9.37 Å². The molecule has 1 aromatic carbocycles. The molecule has 2 unspecified atom stereocenters. The molecule has 1 saturated carbocycles. The van der Waals surface area contributed by atoms with Gasteiger partial charge < -0.3 is 14.5 Å². The van der Waals surface area contributed by atoms with E-state index in [2.05, 4.69) is 9.97 Å². The first-order valence-electron chi connectivity index (χ1n) is 11.1. The number of nitrogens with zero attached hydrogens (tertiary/aromatic N) is 4. The highest BCUT2D eigenvalue weighted by Gasteiger charge is 2.42. The molecule has 2 saturated heterocycles. The monoisotopic (exact) mass is 478 g/mol. The molecule has 0 spiro atoms. The highest BCUT2D eigenvalue weighted by molar-refractivity contribution is 5.95. The predicted molar refractivity (Wildman–Crippen MR) is 110 cm³/mol. The minimum atomic E-state index is -4.91. The molecular formula is C23H22F4N4O3. The predicted octanol–water partition coefficient (Wildman–Crippen LogP) is 3.41. The largest absolute Gasteiger partial charge is 0.471 e. The van der Waals surface area contributed by atoms with Crippen molar-refractivity contribution in [1.82, 2.24) is 19.8 Å². The van der Waals surface area contributed by atoms with E-state index in [9.17, 15) is 27.2 Å². The molecule has 34 heavy (non-hydrogen) atoms. The Morgan fingerprint density at radius 2 is 1.91 bits per heavy atom. The van der Waals surface area contributed by atoms with E-state index in [4.69, 9.17) is 4.74 Å². The minimum Gasteiger partial charge on any atom is -0.471 e. The summed E-state index contributed by atoms with van der Waals surface area (Å²) in [5, 5.41) is 0. The zero-order chi connectivity index (χ0) is 24.0. The lowest BCUT2D eigenvalue weighted by Crippen LogP contribution is -2.41. The van der Waals surface area contributed by atoms with Crippen LogP contribution in [0.3, 0.4) is 0 Å². The van der Waals surface area contributed by atoms with E-state index in [0.717, 1.165) is 30.7 Å². The van der Waals surface area contributed by atoms with Crippen LogP contribution in [0.15, 0.2) is 30.6 Å². The van der Waals surface area contributed by atoms with Gasteiger partial charge in [-0.05, 0) is 25.0 Å². The highest BCUT2D eigenvalue weighted by atomic mass is 19.4. The maximum Gasteiger partial charge on any atom is 0.419 e. The maximum absolute atomic E-state index is 14.5. The molecule has 0 bridgehead atoms. The van der Waals surface area contributed by atoms with Crippen LogP contribution in [0.25, 0.3) is 0 Å². The number of aromatic nitrogens is 2. The van der Waals surface area contributed by atoms with Gasteiger partial charge in [0, 0.05) is 31.8 Å².